The van der Waals surface area contributed by atoms with Gasteiger partial charge >= 0.3 is 0 Å². The minimum absolute atomic E-state index is 0.0720. The number of alkyl halides is 2. The molecular formula is C8H7BrF2N2O2. The largest absolute Gasteiger partial charge is 0.373 e. The molecule has 1 rings (SSSR count). The van der Waals surface area contributed by atoms with Crippen LogP contribution in [0.3, 0.4) is 0 Å². The molecule has 82 valence electrons. The molecule has 0 radical (unpaired) electrons. The minimum atomic E-state index is -2.56. The van der Waals surface area contributed by atoms with E-state index in [0.29, 0.717) is 4.47 Å². The summed E-state index contributed by atoms with van der Waals surface area (Å²) < 4.78 is 24.3. The molecule has 0 aliphatic carbocycles. The maximum atomic E-state index is 11.9. The van der Waals surface area contributed by atoms with Crippen molar-refractivity contribution in [2.24, 2.45) is 0 Å². The molecule has 0 spiro atoms. The van der Waals surface area contributed by atoms with Gasteiger partial charge in [-0.1, -0.05) is 6.07 Å². The molecule has 0 aliphatic rings. The van der Waals surface area contributed by atoms with Crippen molar-refractivity contribution in [2.45, 2.75) is 6.43 Å². The zero-order valence-corrected chi connectivity index (χ0v) is 9.00. The predicted molar refractivity (Wildman–Crippen MR) is 55.3 cm³/mol. The highest BCUT2D eigenvalue weighted by molar-refractivity contribution is 9.10. The predicted octanol–water partition coefficient (Wildman–Crippen LogP) is 3.03. The Bertz CT molecular complexity index is 374. The second-order valence-corrected chi connectivity index (χ2v) is 3.52. The lowest BCUT2D eigenvalue weighted by molar-refractivity contribution is -0.384. The first-order chi connectivity index (χ1) is 7.02. The molecule has 0 aromatic heterocycles. The van der Waals surface area contributed by atoms with Crippen LogP contribution in [0.25, 0.3) is 0 Å². The summed E-state index contributed by atoms with van der Waals surface area (Å²) in [6, 6.07) is 4.26. The second kappa shape index (κ2) is 5.01. The Balaban J connectivity index is 2.97. The number of anilines is 1. The van der Waals surface area contributed by atoms with Crippen molar-refractivity contribution in [2.75, 3.05) is 11.9 Å². The van der Waals surface area contributed by atoms with Gasteiger partial charge in [-0.2, -0.15) is 0 Å². The van der Waals surface area contributed by atoms with Crippen molar-refractivity contribution in [1.82, 2.24) is 0 Å². The quantitative estimate of drug-likeness (QED) is 0.681. The van der Waals surface area contributed by atoms with Gasteiger partial charge in [-0.25, -0.2) is 8.78 Å². The lowest BCUT2D eigenvalue weighted by Gasteiger charge is -2.07. The van der Waals surface area contributed by atoms with Crippen LogP contribution in [-0.2, 0) is 0 Å². The first-order valence-corrected chi connectivity index (χ1v) is 4.76. The number of halogens is 3. The summed E-state index contributed by atoms with van der Waals surface area (Å²) in [6.07, 6.45) is -2.56. The SMILES string of the molecule is O=[N+]([O-])c1cccc(Br)c1NCC(F)F. The number of para-hydroxylation sites is 1. The van der Waals surface area contributed by atoms with Crippen LogP contribution >= 0.6 is 15.9 Å². The average molecular weight is 281 g/mol. The van der Waals surface area contributed by atoms with E-state index >= 15 is 0 Å². The van der Waals surface area contributed by atoms with E-state index in [4.69, 9.17) is 0 Å². The van der Waals surface area contributed by atoms with Gasteiger partial charge in [0, 0.05) is 10.5 Å². The van der Waals surface area contributed by atoms with Gasteiger partial charge in [0.05, 0.1) is 11.5 Å². The Kier molecular flexibility index (Phi) is 3.96. The van der Waals surface area contributed by atoms with Crippen LogP contribution in [0, 0.1) is 10.1 Å². The van der Waals surface area contributed by atoms with E-state index in [1.807, 2.05) is 0 Å². The monoisotopic (exact) mass is 280 g/mol. The summed E-state index contributed by atoms with van der Waals surface area (Å²) in [7, 11) is 0. The van der Waals surface area contributed by atoms with E-state index in [1.54, 1.807) is 6.07 Å². The van der Waals surface area contributed by atoms with Crippen LogP contribution in [0.4, 0.5) is 20.2 Å². The molecule has 7 heteroatoms. The van der Waals surface area contributed by atoms with E-state index in [9.17, 15) is 18.9 Å². The molecule has 0 saturated carbocycles. The summed E-state index contributed by atoms with van der Waals surface area (Å²) in [5.41, 5.74) is -0.159. The number of nitro benzene ring substituents is 1. The lowest BCUT2D eigenvalue weighted by atomic mass is 10.2. The van der Waals surface area contributed by atoms with Crippen LogP contribution in [0.2, 0.25) is 0 Å². The van der Waals surface area contributed by atoms with Gasteiger partial charge in [-0.05, 0) is 22.0 Å². The maximum Gasteiger partial charge on any atom is 0.293 e. The normalized spacial score (nSPS) is 10.4. The second-order valence-electron chi connectivity index (χ2n) is 2.66. The van der Waals surface area contributed by atoms with E-state index in [-0.39, 0.29) is 11.4 Å². The van der Waals surface area contributed by atoms with Crippen molar-refractivity contribution < 1.29 is 13.7 Å². The van der Waals surface area contributed by atoms with Gasteiger partial charge in [0.15, 0.2) is 0 Å². The highest BCUT2D eigenvalue weighted by Crippen LogP contribution is 2.32. The maximum absolute atomic E-state index is 11.9. The fourth-order valence-electron chi connectivity index (χ4n) is 1.02. The molecule has 1 aromatic rings. The summed E-state index contributed by atoms with van der Waals surface area (Å²) in [4.78, 5) is 9.95. The van der Waals surface area contributed by atoms with Gasteiger partial charge in [0.2, 0.25) is 0 Å². The van der Waals surface area contributed by atoms with Gasteiger partial charge in [-0.3, -0.25) is 10.1 Å². The van der Waals surface area contributed by atoms with Crippen molar-refractivity contribution in [3.63, 3.8) is 0 Å². The summed E-state index contributed by atoms with van der Waals surface area (Å²) in [5, 5.41) is 12.9. The number of hydrogen-bond donors (Lipinski definition) is 1. The molecule has 0 fully saturated rings. The van der Waals surface area contributed by atoms with Crippen molar-refractivity contribution in [1.29, 1.82) is 0 Å². The number of nitro groups is 1. The first-order valence-electron chi connectivity index (χ1n) is 3.97. The molecule has 1 N–H and O–H groups in total. The molecule has 0 saturated heterocycles. The molecule has 1 aromatic carbocycles. The van der Waals surface area contributed by atoms with E-state index in [0.717, 1.165) is 0 Å². The molecule has 0 amide bonds. The van der Waals surface area contributed by atoms with Crippen LogP contribution in [0.15, 0.2) is 22.7 Å². The highest BCUT2D eigenvalue weighted by atomic mass is 79.9. The van der Waals surface area contributed by atoms with Crippen LogP contribution < -0.4 is 5.32 Å². The molecule has 0 bridgehead atoms. The molecule has 15 heavy (non-hydrogen) atoms. The number of nitrogens with zero attached hydrogens (tertiary/aromatic N) is 1. The zero-order valence-electron chi connectivity index (χ0n) is 7.41. The number of hydrogen-bond acceptors (Lipinski definition) is 3. The average Bonchev–Trinajstić information content (AvgIpc) is 2.15. The van der Waals surface area contributed by atoms with Crippen molar-refractivity contribution >= 4 is 27.3 Å². The minimum Gasteiger partial charge on any atom is -0.373 e. The number of benzene rings is 1. The Morgan fingerprint density at radius 3 is 2.73 bits per heavy atom. The standard InChI is InChI=1S/C8H7BrF2N2O2/c9-5-2-1-3-6(13(14)15)8(5)12-4-7(10)11/h1-3,7,12H,4H2. The van der Waals surface area contributed by atoms with Gasteiger partial charge in [-0.15, -0.1) is 0 Å². The first kappa shape index (κ1) is 11.8. The van der Waals surface area contributed by atoms with E-state index in [2.05, 4.69) is 21.2 Å². The molecule has 0 unspecified atom stereocenters. The van der Waals surface area contributed by atoms with Crippen LogP contribution in [0.5, 0.6) is 0 Å². The summed E-state index contributed by atoms with van der Waals surface area (Å²) in [5.74, 6) is 0. The Morgan fingerprint density at radius 1 is 1.53 bits per heavy atom. The third-order valence-electron chi connectivity index (χ3n) is 1.62. The fraction of sp³-hybridized carbons (Fsp3) is 0.250. The number of rotatable bonds is 4. The third-order valence-corrected chi connectivity index (χ3v) is 2.28. The summed E-state index contributed by atoms with van der Waals surface area (Å²) >= 11 is 3.05. The van der Waals surface area contributed by atoms with Gasteiger partial charge in [0.25, 0.3) is 12.1 Å². The molecule has 0 aliphatic heterocycles. The lowest BCUT2D eigenvalue weighted by Crippen LogP contribution is -2.11. The van der Waals surface area contributed by atoms with E-state index in [1.165, 1.54) is 12.1 Å². The fourth-order valence-corrected chi connectivity index (χ4v) is 1.52. The van der Waals surface area contributed by atoms with Gasteiger partial charge in [0.1, 0.15) is 5.69 Å². The van der Waals surface area contributed by atoms with Crippen molar-refractivity contribution in [3.8, 4) is 0 Å². The Morgan fingerprint density at radius 2 is 2.20 bits per heavy atom. The van der Waals surface area contributed by atoms with E-state index < -0.39 is 17.9 Å². The number of nitrogens with one attached hydrogen (secondary N) is 1. The smallest absolute Gasteiger partial charge is 0.293 e. The topological polar surface area (TPSA) is 55.2 Å². The summed E-state index contributed by atoms with van der Waals surface area (Å²) in [6.45, 7) is -0.622. The molecule has 0 heterocycles. The Hall–Kier alpha value is -1.24. The molecule has 4 nitrogen and oxygen atoms in total. The zero-order chi connectivity index (χ0) is 11.4. The Labute approximate surface area is 92.6 Å². The van der Waals surface area contributed by atoms with Crippen LogP contribution in [0.1, 0.15) is 0 Å². The van der Waals surface area contributed by atoms with Crippen molar-refractivity contribution in [3.05, 3.63) is 32.8 Å². The molecule has 0 atom stereocenters. The highest BCUT2D eigenvalue weighted by Gasteiger charge is 2.16. The third kappa shape index (κ3) is 3.12. The molecular weight excluding hydrogens is 274 g/mol. The van der Waals surface area contributed by atoms with Crippen LogP contribution in [-0.4, -0.2) is 17.9 Å². The van der Waals surface area contributed by atoms with Gasteiger partial charge < -0.3 is 5.32 Å².